The van der Waals surface area contributed by atoms with Crippen molar-refractivity contribution in [2.75, 3.05) is 11.9 Å². The summed E-state index contributed by atoms with van der Waals surface area (Å²) in [7, 11) is 0. The first-order valence-electron chi connectivity index (χ1n) is 8.36. The number of aryl methyl sites for hydroxylation is 2. The second kappa shape index (κ2) is 8.72. The predicted octanol–water partition coefficient (Wildman–Crippen LogP) is 4.11. The molecule has 138 valence electrons. The van der Waals surface area contributed by atoms with Crippen LogP contribution >= 0.6 is 11.6 Å². The number of carbonyl (C=O) groups is 2. The summed E-state index contributed by atoms with van der Waals surface area (Å²) in [6, 6.07) is 10.4. The molecule has 0 aliphatic heterocycles. The Balaban J connectivity index is 1.97. The van der Waals surface area contributed by atoms with Crippen LogP contribution in [0.4, 0.5) is 5.69 Å². The first-order valence-corrected chi connectivity index (χ1v) is 8.74. The molecular weight excluding hydrogens is 352 g/mol. The van der Waals surface area contributed by atoms with Crippen molar-refractivity contribution in [1.29, 1.82) is 0 Å². The number of hydrogen-bond donors (Lipinski definition) is 2. The van der Waals surface area contributed by atoms with Crippen molar-refractivity contribution in [3.05, 3.63) is 58.1 Å². The number of hydrogen-bond acceptors (Lipinski definition) is 3. The Labute approximate surface area is 158 Å². The number of ether oxygens (including phenoxy) is 1. The van der Waals surface area contributed by atoms with E-state index < -0.39 is 0 Å². The maximum Gasteiger partial charge on any atom is 0.262 e. The van der Waals surface area contributed by atoms with Crippen LogP contribution in [0.2, 0.25) is 5.02 Å². The van der Waals surface area contributed by atoms with Crippen molar-refractivity contribution in [2.24, 2.45) is 0 Å². The van der Waals surface area contributed by atoms with Crippen molar-refractivity contribution in [2.45, 2.75) is 33.7 Å². The van der Waals surface area contributed by atoms with E-state index >= 15 is 0 Å². The standard InChI is InChI=1S/C20H23ClN2O3/c1-12(2)22-20(25)15-6-5-7-16(10-15)23-18(24)11-26-17-8-13(3)19(21)14(4)9-17/h5-10,12H,11H2,1-4H3,(H,22,25)(H,23,24). The fraction of sp³-hybridized carbons (Fsp3) is 0.300. The van der Waals surface area contributed by atoms with Crippen LogP contribution in [0, 0.1) is 13.8 Å². The van der Waals surface area contributed by atoms with E-state index in [9.17, 15) is 9.59 Å². The molecule has 0 aliphatic rings. The zero-order valence-electron chi connectivity index (χ0n) is 15.4. The van der Waals surface area contributed by atoms with E-state index in [-0.39, 0.29) is 24.5 Å². The molecule has 5 nitrogen and oxygen atoms in total. The van der Waals surface area contributed by atoms with Gasteiger partial charge in [0.15, 0.2) is 6.61 Å². The molecule has 2 amide bonds. The Morgan fingerprint density at radius 2 is 1.77 bits per heavy atom. The van der Waals surface area contributed by atoms with Gasteiger partial charge >= 0.3 is 0 Å². The van der Waals surface area contributed by atoms with Crippen LogP contribution in [0.1, 0.15) is 35.3 Å². The van der Waals surface area contributed by atoms with Crippen LogP contribution in [-0.2, 0) is 4.79 Å². The molecule has 2 aromatic carbocycles. The van der Waals surface area contributed by atoms with Gasteiger partial charge in [-0.2, -0.15) is 0 Å². The summed E-state index contributed by atoms with van der Waals surface area (Å²) in [6.45, 7) is 7.41. The topological polar surface area (TPSA) is 67.4 Å². The van der Waals surface area contributed by atoms with Crippen LogP contribution in [-0.4, -0.2) is 24.5 Å². The van der Waals surface area contributed by atoms with Gasteiger partial charge in [0.05, 0.1) is 0 Å². The molecule has 0 atom stereocenters. The fourth-order valence-corrected chi connectivity index (χ4v) is 2.53. The van der Waals surface area contributed by atoms with Gasteiger partial charge in [0.2, 0.25) is 0 Å². The van der Waals surface area contributed by atoms with E-state index in [2.05, 4.69) is 10.6 Å². The highest BCUT2D eigenvalue weighted by Crippen LogP contribution is 2.25. The third-order valence-electron chi connectivity index (χ3n) is 3.61. The lowest BCUT2D eigenvalue weighted by atomic mass is 10.1. The molecule has 0 saturated carbocycles. The number of benzene rings is 2. The maximum atomic E-state index is 12.1. The van der Waals surface area contributed by atoms with Gasteiger partial charge in [0, 0.05) is 22.3 Å². The summed E-state index contributed by atoms with van der Waals surface area (Å²) in [4.78, 5) is 24.2. The summed E-state index contributed by atoms with van der Waals surface area (Å²) in [6.07, 6.45) is 0. The summed E-state index contributed by atoms with van der Waals surface area (Å²) >= 11 is 6.12. The molecule has 0 heterocycles. The van der Waals surface area contributed by atoms with Crippen LogP contribution in [0.25, 0.3) is 0 Å². The molecular formula is C20H23ClN2O3. The average molecular weight is 375 g/mol. The zero-order chi connectivity index (χ0) is 19.3. The SMILES string of the molecule is Cc1cc(OCC(=O)Nc2cccc(C(=O)NC(C)C)c2)cc(C)c1Cl. The quantitative estimate of drug-likeness (QED) is 0.799. The second-order valence-electron chi connectivity index (χ2n) is 6.42. The van der Waals surface area contributed by atoms with E-state index in [0.29, 0.717) is 22.0 Å². The Morgan fingerprint density at radius 3 is 2.38 bits per heavy atom. The summed E-state index contributed by atoms with van der Waals surface area (Å²) in [5, 5.41) is 6.24. The molecule has 2 aromatic rings. The molecule has 6 heteroatoms. The van der Waals surface area contributed by atoms with E-state index in [0.717, 1.165) is 11.1 Å². The number of amides is 2. The average Bonchev–Trinajstić information content (AvgIpc) is 2.57. The third kappa shape index (κ3) is 5.49. The van der Waals surface area contributed by atoms with Gasteiger partial charge in [0.25, 0.3) is 11.8 Å². The normalized spacial score (nSPS) is 10.5. The Hall–Kier alpha value is -2.53. The summed E-state index contributed by atoms with van der Waals surface area (Å²) in [5.74, 6) is 0.0979. The van der Waals surface area contributed by atoms with E-state index in [1.165, 1.54) is 0 Å². The predicted molar refractivity (Wildman–Crippen MR) is 104 cm³/mol. The first kappa shape index (κ1) is 19.8. The van der Waals surface area contributed by atoms with Crippen molar-refractivity contribution in [3.8, 4) is 5.75 Å². The molecule has 0 unspecified atom stereocenters. The minimum atomic E-state index is -0.309. The molecule has 2 N–H and O–H groups in total. The fourth-order valence-electron chi connectivity index (χ4n) is 2.42. The van der Waals surface area contributed by atoms with Gasteiger partial charge in [0.1, 0.15) is 5.75 Å². The third-order valence-corrected chi connectivity index (χ3v) is 4.20. The molecule has 2 rings (SSSR count). The van der Waals surface area contributed by atoms with Crippen LogP contribution in [0.5, 0.6) is 5.75 Å². The highest BCUT2D eigenvalue weighted by atomic mass is 35.5. The van der Waals surface area contributed by atoms with Crippen LogP contribution < -0.4 is 15.4 Å². The number of nitrogens with one attached hydrogen (secondary N) is 2. The number of anilines is 1. The highest BCUT2D eigenvalue weighted by molar-refractivity contribution is 6.32. The van der Waals surface area contributed by atoms with Gasteiger partial charge in [-0.3, -0.25) is 9.59 Å². The molecule has 0 saturated heterocycles. The molecule has 26 heavy (non-hydrogen) atoms. The summed E-state index contributed by atoms with van der Waals surface area (Å²) in [5.41, 5.74) is 2.82. The van der Waals surface area contributed by atoms with E-state index in [4.69, 9.17) is 16.3 Å². The lowest BCUT2D eigenvalue weighted by molar-refractivity contribution is -0.118. The second-order valence-corrected chi connectivity index (χ2v) is 6.79. The number of halogens is 1. The smallest absolute Gasteiger partial charge is 0.262 e. The minimum absolute atomic E-state index is 0.0421. The monoisotopic (exact) mass is 374 g/mol. The number of rotatable bonds is 6. The Kier molecular flexibility index (Phi) is 6.64. The van der Waals surface area contributed by atoms with Crippen molar-refractivity contribution in [1.82, 2.24) is 5.32 Å². The summed E-state index contributed by atoms with van der Waals surface area (Å²) < 4.78 is 5.54. The highest BCUT2D eigenvalue weighted by Gasteiger charge is 2.10. The van der Waals surface area contributed by atoms with Gasteiger partial charge in [-0.05, 0) is 69.2 Å². The maximum absolute atomic E-state index is 12.1. The Morgan fingerprint density at radius 1 is 1.12 bits per heavy atom. The lowest BCUT2D eigenvalue weighted by Gasteiger charge is -2.12. The van der Waals surface area contributed by atoms with E-state index in [1.807, 2.05) is 27.7 Å². The zero-order valence-corrected chi connectivity index (χ0v) is 16.1. The molecule has 0 spiro atoms. The van der Waals surface area contributed by atoms with Gasteiger partial charge in [-0.25, -0.2) is 0 Å². The van der Waals surface area contributed by atoms with E-state index in [1.54, 1.807) is 36.4 Å². The van der Waals surface area contributed by atoms with Gasteiger partial charge in [-0.15, -0.1) is 0 Å². The van der Waals surface area contributed by atoms with Crippen molar-refractivity contribution in [3.63, 3.8) is 0 Å². The molecule has 0 bridgehead atoms. The van der Waals surface area contributed by atoms with Gasteiger partial charge < -0.3 is 15.4 Å². The molecule has 0 aliphatic carbocycles. The molecule has 0 fully saturated rings. The lowest BCUT2D eigenvalue weighted by Crippen LogP contribution is -2.30. The van der Waals surface area contributed by atoms with Crippen molar-refractivity contribution >= 4 is 29.1 Å². The van der Waals surface area contributed by atoms with Crippen LogP contribution in [0.15, 0.2) is 36.4 Å². The first-order chi connectivity index (χ1) is 12.3. The van der Waals surface area contributed by atoms with Crippen molar-refractivity contribution < 1.29 is 14.3 Å². The number of carbonyl (C=O) groups excluding carboxylic acids is 2. The van der Waals surface area contributed by atoms with Crippen LogP contribution in [0.3, 0.4) is 0 Å². The Bertz CT molecular complexity index is 795. The molecule has 0 radical (unpaired) electrons. The minimum Gasteiger partial charge on any atom is -0.484 e. The molecule has 0 aromatic heterocycles. The van der Waals surface area contributed by atoms with Gasteiger partial charge in [-0.1, -0.05) is 17.7 Å². The largest absolute Gasteiger partial charge is 0.484 e.